The van der Waals surface area contributed by atoms with Gasteiger partial charge in [-0.2, -0.15) is 0 Å². The molecule has 3 N–H and O–H groups in total. The highest BCUT2D eigenvalue weighted by atomic mass is 16.2. The first-order valence-electron chi connectivity index (χ1n) is 7.46. The summed E-state index contributed by atoms with van der Waals surface area (Å²) in [6.07, 6.45) is 5.39. The summed E-state index contributed by atoms with van der Waals surface area (Å²) in [7, 11) is 0. The van der Waals surface area contributed by atoms with Gasteiger partial charge in [-0.1, -0.05) is 6.92 Å². The molecule has 1 aliphatic carbocycles. The molecule has 3 aliphatic rings. The highest BCUT2D eigenvalue weighted by molar-refractivity contribution is 5.87. The average molecular weight is 251 g/mol. The van der Waals surface area contributed by atoms with Crippen LogP contribution in [0.3, 0.4) is 0 Å². The van der Waals surface area contributed by atoms with Gasteiger partial charge in [-0.05, 0) is 50.5 Å². The third-order valence-electron chi connectivity index (χ3n) is 5.46. The maximum absolute atomic E-state index is 12.8. The number of amides is 1. The fourth-order valence-electron chi connectivity index (χ4n) is 4.22. The number of nitrogens with two attached hydrogens (primary N) is 1. The molecule has 0 aromatic heterocycles. The van der Waals surface area contributed by atoms with Crippen molar-refractivity contribution in [2.75, 3.05) is 19.6 Å². The Morgan fingerprint density at radius 1 is 1.44 bits per heavy atom. The molecule has 4 atom stereocenters. The van der Waals surface area contributed by atoms with Crippen LogP contribution in [0.1, 0.15) is 39.0 Å². The van der Waals surface area contributed by atoms with E-state index in [2.05, 4.69) is 17.1 Å². The Morgan fingerprint density at radius 3 is 2.89 bits per heavy atom. The predicted molar refractivity (Wildman–Crippen MR) is 71.0 cm³/mol. The van der Waals surface area contributed by atoms with E-state index < -0.39 is 0 Å². The first kappa shape index (κ1) is 12.4. The van der Waals surface area contributed by atoms with E-state index in [0.717, 1.165) is 45.3 Å². The highest BCUT2D eigenvalue weighted by Gasteiger charge is 2.48. The highest BCUT2D eigenvalue weighted by Crippen LogP contribution is 2.38. The molecule has 4 unspecified atom stereocenters. The Bertz CT molecular complexity index is 338. The summed E-state index contributed by atoms with van der Waals surface area (Å²) in [5, 5.41) is 3.45. The van der Waals surface area contributed by atoms with Crippen LogP contribution in [-0.4, -0.2) is 42.0 Å². The summed E-state index contributed by atoms with van der Waals surface area (Å²) in [4.78, 5) is 14.9. The van der Waals surface area contributed by atoms with Gasteiger partial charge in [0.25, 0.3) is 0 Å². The molecule has 4 nitrogen and oxygen atoms in total. The van der Waals surface area contributed by atoms with E-state index in [1.807, 2.05) is 0 Å². The molecular formula is C14H25N3O. The minimum atomic E-state index is -0.261. The fraction of sp³-hybridized carbons (Fsp3) is 0.929. The minimum absolute atomic E-state index is 0.261. The van der Waals surface area contributed by atoms with Crippen molar-refractivity contribution in [1.82, 2.24) is 10.2 Å². The Kier molecular flexibility index (Phi) is 3.10. The quantitative estimate of drug-likeness (QED) is 0.760. The van der Waals surface area contributed by atoms with Gasteiger partial charge in [-0.15, -0.1) is 0 Å². The number of likely N-dealkylation sites (tertiary alicyclic amines) is 1. The van der Waals surface area contributed by atoms with E-state index in [1.165, 1.54) is 6.42 Å². The summed E-state index contributed by atoms with van der Waals surface area (Å²) in [5.74, 6) is 1.56. The van der Waals surface area contributed by atoms with Crippen LogP contribution >= 0.6 is 0 Å². The third kappa shape index (κ3) is 1.77. The molecule has 3 fully saturated rings. The Balaban J connectivity index is 1.71. The zero-order chi connectivity index (χ0) is 12.8. The second kappa shape index (κ2) is 4.49. The molecule has 102 valence electrons. The predicted octanol–water partition coefficient (Wildman–Crippen LogP) is 0.714. The molecule has 1 saturated carbocycles. The van der Waals surface area contributed by atoms with Gasteiger partial charge in [-0.25, -0.2) is 0 Å². The van der Waals surface area contributed by atoms with E-state index in [0.29, 0.717) is 23.8 Å². The molecule has 2 saturated heterocycles. The summed E-state index contributed by atoms with van der Waals surface area (Å²) < 4.78 is 0. The van der Waals surface area contributed by atoms with Gasteiger partial charge in [0.1, 0.15) is 0 Å². The van der Waals surface area contributed by atoms with Crippen molar-refractivity contribution in [2.45, 2.75) is 50.6 Å². The topological polar surface area (TPSA) is 58.4 Å². The van der Waals surface area contributed by atoms with Crippen LogP contribution in [0, 0.1) is 11.8 Å². The van der Waals surface area contributed by atoms with E-state index in [1.54, 1.807) is 0 Å². The van der Waals surface area contributed by atoms with Crippen molar-refractivity contribution in [3.05, 3.63) is 0 Å². The van der Waals surface area contributed by atoms with Gasteiger partial charge in [0.2, 0.25) is 5.91 Å². The van der Waals surface area contributed by atoms with Gasteiger partial charge in [0, 0.05) is 19.1 Å². The fourth-order valence-corrected chi connectivity index (χ4v) is 4.22. The second-order valence-corrected chi connectivity index (χ2v) is 6.34. The number of carbonyl (C=O) groups is 1. The van der Waals surface area contributed by atoms with Crippen LogP contribution in [0.5, 0.6) is 0 Å². The lowest BCUT2D eigenvalue weighted by molar-refractivity contribution is -0.137. The maximum Gasteiger partial charge on any atom is 0.242 e. The van der Waals surface area contributed by atoms with Crippen LogP contribution in [0.2, 0.25) is 0 Å². The first-order chi connectivity index (χ1) is 8.66. The van der Waals surface area contributed by atoms with E-state index in [9.17, 15) is 4.79 Å². The van der Waals surface area contributed by atoms with Gasteiger partial charge < -0.3 is 16.0 Å². The average Bonchev–Trinajstić information content (AvgIpc) is 3.06. The smallest absolute Gasteiger partial charge is 0.242 e. The number of nitrogens with one attached hydrogen (secondary N) is 1. The lowest BCUT2D eigenvalue weighted by Crippen LogP contribution is -2.54. The standard InChI is InChI=1S/C14H25N3O/c1-2-14(6-3-7-16-14)13(18)17-8-10-4-5-12(15)11(10)9-17/h10-12,16H,2-9,15H2,1H3. The Labute approximate surface area is 109 Å². The Morgan fingerprint density at radius 2 is 2.28 bits per heavy atom. The minimum Gasteiger partial charge on any atom is -0.340 e. The van der Waals surface area contributed by atoms with Crippen molar-refractivity contribution >= 4 is 5.91 Å². The Hall–Kier alpha value is -0.610. The van der Waals surface area contributed by atoms with Crippen molar-refractivity contribution in [3.8, 4) is 0 Å². The lowest BCUT2D eigenvalue weighted by atomic mass is 9.92. The molecule has 18 heavy (non-hydrogen) atoms. The summed E-state index contributed by atoms with van der Waals surface area (Å²) in [6, 6.07) is 0.321. The van der Waals surface area contributed by atoms with Gasteiger partial charge >= 0.3 is 0 Å². The SMILES string of the molecule is CCC1(C(=O)N2CC3CCC(N)C3C2)CCCN1. The van der Waals surface area contributed by atoms with Crippen molar-refractivity contribution in [2.24, 2.45) is 17.6 Å². The normalized spacial score (nSPS) is 43.4. The number of hydrogen-bond acceptors (Lipinski definition) is 3. The number of carbonyl (C=O) groups excluding carboxylic acids is 1. The third-order valence-corrected chi connectivity index (χ3v) is 5.46. The molecule has 0 aromatic carbocycles. The van der Waals surface area contributed by atoms with E-state index in [-0.39, 0.29) is 5.54 Å². The van der Waals surface area contributed by atoms with Crippen LogP contribution in [0.25, 0.3) is 0 Å². The van der Waals surface area contributed by atoms with Gasteiger partial charge in [-0.3, -0.25) is 4.79 Å². The molecule has 2 heterocycles. The summed E-state index contributed by atoms with van der Waals surface area (Å²) in [6.45, 7) is 4.95. The molecule has 0 spiro atoms. The second-order valence-electron chi connectivity index (χ2n) is 6.34. The molecule has 0 radical (unpaired) electrons. The number of fused-ring (bicyclic) bond motifs is 1. The summed E-state index contributed by atoms with van der Waals surface area (Å²) in [5.41, 5.74) is 5.89. The molecule has 3 rings (SSSR count). The molecule has 4 heteroatoms. The van der Waals surface area contributed by atoms with Crippen molar-refractivity contribution < 1.29 is 4.79 Å². The van der Waals surface area contributed by atoms with E-state index in [4.69, 9.17) is 5.73 Å². The van der Waals surface area contributed by atoms with Crippen molar-refractivity contribution in [3.63, 3.8) is 0 Å². The van der Waals surface area contributed by atoms with Crippen LogP contribution in [0.4, 0.5) is 0 Å². The van der Waals surface area contributed by atoms with Gasteiger partial charge in [0.05, 0.1) is 5.54 Å². The zero-order valence-corrected chi connectivity index (χ0v) is 11.3. The number of nitrogens with zero attached hydrogens (tertiary/aromatic N) is 1. The van der Waals surface area contributed by atoms with Crippen LogP contribution < -0.4 is 11.1 Å². The largest absolute Gasteiger partial charge is 0.340 e. The number of rotatable bonds is 2. The van der Waals surface area contributed by atoms with Gasteiger partial charge in [0.15, 0.2) is 0 Å². The van der Waals surface area contributed by atoms with Crippen LogP contribution in [0.15, 0.2) is 0 Å². The molecule has 2 aliphatic heterocycles. The first-order valence-corrected chi connectivity index (χ1v) is 7.46. The van der Waals surface area contributed by atoms with Crippen LogP contribution in [-0.2, 0) is 4.79 Å². The number of hydrogen-bond donors (Lipinski definition) is 2. The zero-order valence-electron chi connectivity index (χ0n) is 11.3. The molecular weight excluding hydrogens is 226 g/mol. The van der Waals surface area contributed by atoms with E-state index >= 15 is 0 Å². The molecule has 0 bridgehead atoms. The monoisotopic (exact) mass is 251 g/mol. The lowest BCUT2D eigenvalue weighted by Gasteiger charge is -2.32. The van der Waals surface area contributed by atoms with Crippen molar-refractivity contribution in [1.29, 1.82) is 0 Å². The molecule has 1 amide bonds. The molecule has 0 aromatic rings. The summed E-state index contributed by atoms with van der Waals surface area (Å²) >= 11 is 0. The maximum atomic E-state index is 12.8.